The summed E-state index contributed by atoms with van der Waals surface area (Å²) in [6, 6.07) is 10.5. The molecule has 0 saturated carbocycles. The summed E-state index contributed by atoms with van der Waals surface area (Å²) in [7, 11) is 1.47. The number of rotatable bonds is 3. The van der Waals surface area contributed by atoms with Gasteiger partial charge in [0.15, 0.2) is 0 Å². The molecule has 0 heterocycles. The number of carboxylic acid groups (broad SMARTS) is 1. The molecule has 0 unspecified atom stereocenters. The molecule has 0 atom stereocenters. The van der Waals surface area contributed by atoms with Gasteiger partial charge in [0.1, 0.15) is 11.3 Å². The lowest BCUT2D eigenvalue weighted by Gasteiger charge is -2.13. The number of methoxy groups -OCH3 is 1. The highest BCUT2D eigenvalue weighted by molar-refractivity contribution is 6.30. The summed E-state index contributed by atoms with van der Waals surface area (Å²) in [5.74, 6) is -0.647. The Morgan fingerprint density at radius 2 is 1.95 bits per heavy atom. The number of hydrogen-bond acceptors (Lipinski definition) is 2. The lowest BCUT2D eigenvalue weighted by Crippen LogP contribution is -2.02. The van der Waals surface area contributed by atoms with Crippen molar-refractivity contribution in [1.82, 2.24) is 0 Å². The number of benzene rings is 2. The second kappa shape index (κ2) is 5.33. The van der Waals surface area contributed by atoms with E-state index in [1.54, 1.807) is 12.1 Å². The zero-order valence-corrected chi connectivity index (χ0v) is 11.4. The van der Waals surface area contributed by atoms with Crippen molar-refractivity contribution in [2.75, 3.05) is 7.11 Å². The van der Waals surface area contributed by atoms with Gasteiger partial charge in [0.05, 0.1) is 7.11 Å². The van der Waals surface area contributed by atoms with Crippen LogP contribution >= 0.6 is 11.6 Å². The van der Waals surface area contributed by atoms with E-state index in [0.717, 1.165) is 16.7 Å². The van der Waals surface area contributed by atoms with E-state index in [9.17, 15) is 9.90 Å². The molecule has 2 aromatic rings. The van der Waals surface area contributed by atoms with E-state index < -0.39 is 5.97 Å². The molecule has 19 heavy (non-hydrogen) atoms. The van der Waals surface area contributed by atoms with Crippen molar-refractivity contribution in [3.63, 3.8) is 0 Å². The Labute approximate surface area is 116 Å². The van der Waals surface area contributed by atoms with Crippen LogP contribution in [0.5, 0.6) is 5.75 Å². The van der Waals surface area contributed by atoms with Crippen LogP contribution in [0.15, 0.2) is 36.4 Å². The maximum atomic E-state index is 11.2. The van der Waals surface area contributed by atoms with Crippen LogP contribution in [-0.2, 0) is 0 Å². The van der Waals surface area contributed by atoms with Crippen molar-refractivity contribution in [2.45, 2.75) is 6.92 Å². The number of ether oxygens (including phenoxy) is 1. The zero-order chi connectivity index (χ0) is 14.0. The van der Waals surface area contributed by atoms with Crippen LogP contribution in [0.1, 0.15) is 15.9 Å². The van der Waals surface area contributed by atoms with Crippen LogP contribution in [0.4, 0.5) is 0 Å². The fraction of sp³-hybridized carbons (Fsp3) is 0.133. The molecular weight excluding hydrogens is 264 g/mol. The quantitative estimate of drug-likeness (QED) is 0.921. The minimum Gasteiger partial charge on any atom is -0.495 e. The molecular formula is C15H13ClO3. The van der Waals surface area contributed by atoms with Gasteiger partial charge in [-0.15, -0.1) is 0 Å². The van der Waals surface area contributed by atoms with Crippen LogP contribution in [0.25, 0.3) is 11.1 Å². The lowest BCUT2D eigenvalue weighted by atomic mass is 9.97. The second-order valence-corrected chi connectivity index (χ2v) is 4.59. The van der Waals surface area contributed by atoms with E-state index >= 15 is 0 Å². The lowest BCUT2D eigenvalue weighted by molar-refractivity contribution is 0.0693. The maximum absolute atomic E-state index is 11.2. The molecule has 0 spiro atoms. The molecule has 0 aliphatic carbocycles. The van der Waals surface area contributed by atoms with Gasteiger partial charge in [-0.05, 0) is 36.2 Å². The molecule has 0 saturated heterocycles. The van der Waals surface area contributed by atoms with Crippen molar-refractivity contribution in [3.05, 3.63) is 52.5 Å². The first-order valence-corrected chi connectivity index (χ1v) is 6.09. The molecule has 0 radical (unpaired) electrons. The van der Waals surface area contributed by atoms with Gasteiger partial charge in [0, 0.05) is 10.6 Å². The van der Waals surface area contributed by atoms with Crippen LogP contribution in [0.2, 0.25) is 5.02 Å². The largest absolute Gasteiger partial charge is 0.495 e. The molecule has 0 aliphatic rings. The zero-order valence-electron chi connectivity index (χ0n) is 10.6. The van der Waals surface area contributed by atoms with Crippen LogP contribution in [-0.4, -0.2) is 18.2 Å². The topological polar surface area (TPSA) is 46.5 Å². The molecule has 0 amide bonds. The number of aromatic carboxylic acids is 1. The summed E-state index contributed by atoms with van der Waals surface area (Å²) in [5, 5.41) is 9.83. The van der Waals surface area contributed by atoms with Gasteiger partial charge < -0.3 is 9.84 Å². The van der Waals surface area contributed by atoms with Gasteiger partial charge >= 0.3 is 5.97 Å². The number of halogens is 1. The molecule has 3 nitrogen and oxygen atoms in total. The van der Waals surface area contributed by atoms with E-state index in [4.69, 9.17) is 16.3 Å². The average Bonchev–Trinajstić information content (AvgIpc) is 2.37. The minimum atomic E-state index is -1.01. The highest BCUT2D eigenvalue weighted by atomic mass is 35.5. The van der Waals surface area contributed by atoms with E-state index in [-0.39, 0.29) is 5.56 Å². The van der Waals surface area contributed by atoms with E-state index in [1.165, 1.54) is 13.2 Å². The van der Waals surface area contributed by atoms with Gasteiger partial charge in [-0.2, -0.15) is 0 Å². The van der Waals surface area contributed by atoms with Crippen molar-refractivity contribution >= 4 is 17.6 Å². The number of para-hydroxylation sites is 1. The summed E-state index contributed by atoms with van der Waals surface area (Å²) in [5.41, 5.74) is 2.77. The average molecular weight is 277 g/mol. The normalized spacial score (nSPS) is 10.3. The Kier molecular flexibility index (Phi) is 3.76. The SMILES string of the molecule is COc1c(C(=O)O)cccc1-c1ccc(Cl)cc1C. The third-order valence-electron chi connectivity index (χ3n) is 2.93. The molecule has 0 fully saturated rings. The summed E-state index contributed by atoms with van der Waals surface area (Å²) in [6.07, 6.45) is 0. The second-order valence-electron chi connectivity index (χ2n) is 4.15. The number of hydrogen-bond donors (Lipinski definition) is 1. The molecule has 0 aliphatic heterocycles. The van der Waals surface area contributed by atoms with Gasteiger partial charge in [0.25, 0.3) is 0 Å². The van der Waals surface area contributed by atoms with Crippen molar-refractivity contribution in [1.29, 1.82) is 0 Å². The third-order valence-corrected chi connectivity index (χ3v) is 3.16. The van der Waals surface area contributed by atoms with E-state index in [0.29, 0.717) is 10.8 Å². The summed E-state index contributed by atoms with van der Waals surface area (Å²) in [6.45, 7) is 1.92. The Morgan fingerprint density at radius 3 is 2.53 bits per heavy atom. The summed E-state index contributed by atoms with van der Waals surface area (Å²) >= 11 is 5.93. The smallest absolute Gasteiger partial charge is 0.339 e. The fourth-order valence-electron chi connectivity index (χ4n) is 2.07. The molecule has 1 N–H and O–H groups in total. The first-order valence-electron chi connectivity index (χ1n) is 5.71. The molecule has 4 heteroatoms. The van der Waals surface area contributed by atoms with Crippen LogP contribution < -0.4 is 4.74 Å². The number of aryl methyl sites for hydroxylation is 1. The van der Waals surface area contributed by atoms with Crippen molar-refractivity contribution < 1.29 is 14.6 Å². The summed E-state index contributed by atoms with van der Waals surface area (Å²) in [4.78, 5) is 11.2. The monoisotopic (exact) mass is 276 g/mol. The Bertz CT molecular complexity index is 635. The predicted molar refractivity (Wildman–Crippen MR) is 75.1 cm³/mol. The maximum Gasteiger partial charge on any atom is 0.339 e. The van der Waals surface area contributed by atoms with Crippen LogP contribution in [0.3, 0.4) is 0 Å². The van der Waals surface area contributed by atoms with Gasteiger partial charge in [-0.1, -0.05) is 29.8 Å². The predicted octanol–water partition coefficient (Wildman–Crippen LogP) is 4.02. The molecule has 98 valence electrons. The van der Waals surface area contributed by atoms with Gasteiger partial charge in [0.2, 0.25) is 0 Å². The first-order chi connectivity index (χ1) is 9.04. The number of carbonyl (C=O) groups is 1. The van der Waals surface area contributed by atoms with Crippen LogP contribution in [0, 0.1) is 6.92 Å². The van der Waals surface area contributed by atoms with Crippen molar-refractivity contribution in [2.24, 2.45) is 0 Å². The number of carboxylic acids is 1. The first kappa shape index (κ1) is 13.4. The molecule has 0 aromatic heterocycles. The van der Waals surface area contributed by atoms with Crippen molar-refractivity contribution in [3.8, 4) is 16.9 Å². The highest BCUT2D eigenvalue weighted by Gasteiger charge is 2.16. The standard InChI is InChI=1S/C15H13ClO3/c1-9-8-10(16)6-7-11(9)12-4-3-5-13(15(17)18)14(12)19-2/h3-8H,1-2H3,(H,17,18). The Morgan fingerprint density at radius 1 is 1.21 bits per heavy atom. The molecule has 2 aromatic carbocycles. The fourth-order valence-corrected chi connectivity index (χ4v) is 2.29. The van der Waals surface area contributed by atoms with Gasteiger partial charge in [-0.25, -0.2) is 4.79 Å². The summed E-state index contributed by atoms with van der Waals surface area (Å²) < 4.78 is 5.26. The molecule has 0 bridgehead atoms. The third kappa shape index (κ3) is 2.56. The Balaban J connectivity index is 2.68. The Hall–Kier alpha value is -2.00. The molecule has 2 rings (SSSR count). The highest BCUT2D eigenvalue weighted by Crippen LogP contribution is 2.35. The minimum absolute atomic E-state index is 0.148. The van der Waals surface area contributed by atoms with E-state index in [1.807, 2.05) is 25.1 Å². The van der Waals surface area contributed by atoms with E-state index in [2.05, 4.69) is 0 Å². The van der Waals surface area contributed by atoms with Gasteiger partial charge in [-0.3, -0.25) is 0 Å².